The number of carbonyl (C=O) groups is 3. The predicted octanol–water partition coefficient (Wildman–Crippen LogP) is -0.177. The average Bonchev–Trinajstić information content (AvgIpc) is 2.46. The quantitative estimate of drug-likeness (QED) is 0.450. The molecule has 1 aromatic rings. The summed E-state index contributed by atoms with van der Waals surface area (Å²) in [5.41, 5.74) is 0.756. The van der Waals surface area contributed by atoms with Crippen LogP contribution in [0.1, 0.15) is 29.8 Å². The summed E-state index contributed by atoms with van der Waals surface area (Å²) in [5, 5.41) is 12.5. The van der Waals surface area contributed by atoms with Crippen LogP contribution in [0.2, 0.25) is 0 Å². The minimum Gasteiger partial charge on any atom is -0.534 e. The molecule has 1 aromatic carbocycles. The molecule has 1 aliphatic heterocycles. The van der Waals surface area contributed by atoms with E-state index in [4.69, 9.17) is 9.39 Å². The summed E-state index contributed by atoms with van der Waals surface area (Å²) in [4.78, 5) is 33.8. The van der Waals surface area contributed by atoms with E-state index in [1.165, 1.54) is 19.9 Å². The summed E-state index contributed by atoms with van der Waals surface area (Å²) >= 11 is 0. The Balaban J connectivity index is 2.15. The lowest BCUT2D eigenvalue weighted by molar-refractivity contribution is -0.149. The van der Waals surface area contributed by atoms with E-state index in [0.29, 0.717) is 12.0 Å². The standard InChI is InChI=1S/C14H16BNO7/c1-8(17)16-12-6-10-4-3-5-11(13(10)23-15(12)20)14(19)22-7-21-9(2)18/h3-5,12,20H,6-7H2,1-2H3,(H,16,17). The molecule has 2 N–H and O–H groups in total. The van der Waals surface area contributed by atoms with Gasteiger partial charge in [-0.3, -0.25) is 9.59 Å². The second-order valence-corrected chi connectivity index (χ2v) is 5.00. The zero-order chi connectivity index (χ0) is 17.0. The molecular formula is C14H16BNO7. The molecular weight excluding hydrogens is 305 g/mol. The number of esters is 2. The fourth-order valence-electron chi connectivity index (χ4n) is 2.21. The predicted molar refractivity (Wildman–Crippen MR) is 78.4 cm³/mol. The molecule has 0 saturated heterocycles. The van der Waals surface area contributed by atoms with Crippen molar-refractivity contribution in [3.8, 4) is 5.75 Å². The van der Waals surface area contributed by atoms with Crippen molar-refractivity contribution in [2.75, 3.05) is 6.79 Å². The van der Waals surface area contributed by atoms with Crippen LogP contribution in [0.25, 0.3) is 0 Å². The van der Waals surface area contributed by atoms with Gasteiger partial charge in [0.2, 0.25) is 12.7 Å². The zero-order valence-electron chi connectivity index (χ0n) is 12.7. The summed E-state index contributed by atoms with van der Waals surface area (Å²) in [6, 6.07) is 4.83. The molecule has 1 heterocycles. The van der Waals surface area contributed by atoms with E-state index in [2.05, 4.69) is 10.1 Å². The van der Waals surface area contributed by atoms with Crippen molar-refractivity contribution >= 4 is 25.0 Å². The maximum absolute atomic E-state index is 12.0. The number of para-hydroxylation sites is 1. The van der Waals surface area contributed by atoms with Crippen LogP contribution in [0.3, 0.4) is 0 Å². The lowest BCUT2D eigenvalue weighted by Crippen LogP contribution is -2.52. The maximum Gasteiger partial charge on any atom is 0.547 e. The molecule has 1 atom stereocenters. The first-order valence-electron chi connectivity index (χ1n) is 6.92. The van der Waals surface area contributed by atoms with E-state index in [9.17, 15) is 19.4 Å². The van der Waals surface area contributed by atoms with E-state index < -0.39 is 31.8 Å². The first-order chi connectivity index (χ1) is 10.9. The monoisotopic (exact) mass is 321 g/mol. The first kappa shape index (κ1) is 16.8. The van der Waals surface area contributed by atoms with Gasteiger partial charge in [0.15, 0.2) is 0 Å². The number of benzene rings is 1. The van der Waals surface area contributed by atoms with Crippen LogP contribution in [-0.2, 0) is 25.5 Å². The number of fused-ring (bicyclic) bond motifs is 1. The summed E-state index contributed by atoms with van der Waals surface area (Å²) in [7, 11) is -1.28. The molecule has 122 valence electrons. The van der Waals surface area contributed by atoms with Crippen molar-refractivity contribution < 1.29 is 33.5 Å². The van der Waals surface area contributed by atoms with Gasteiger partial charge >= 0.3 is 19.1 Å². The van der Waals surface area contributed by atoms with Crippen LogP contribution in [0, 0.1) is 0 Å². The summed E-state index contributed by atoms with van der Waals surface area (Å²) < 4.78 is 14.7. The summed E-state index contributed by atoms with van der Waals surface area (Å²) in [6.45, 7) is 2.03. The largest absolute Gasteiger partial charge is 0.547 e. The van der Waals surface area contributed by atoms with Crippen LogP contribution >= 0.6 is 0 Å². The van der Waals surface area contributed by atoms with Crippen LogP contribution < -0.4 is 9.97 Å². The van der Waals surface area contributed by atoms with Gasteiger partial charge in [-0.25, -0.2) is 4.79 Å². The highest BCUT2D eigenvalue weighted by molar-refractivity contribution is 6.47. The molecule has 0 saturated carbocycles. The molecule has 0 aromatic heterocycles. The van der Waals surface area contributed by atoms with Crippen LogP contribution in [0.5, 0.6) is 5.75 Å². The highest BCUT2D eigenvalue weighted by atomic mass is 16.7. The third kappa shape index (κ3) is 4.23. The molecule has 0 spiro atoms. The molecule has 0 fully saturated rings. The highest BCUT2D eigenvalue weighted by Crippen LogP contribution is 2.30. The Bertz CT molecular complexity index is 634. The molecule has 1 amide bonds. The van der Waals surface area contributed by atoms with Gasteiger partial charge in [0.25, 0.3) is 0 Å². The summed E-state index contributed by atoms with van der Waals surface area (Å²) in [5.74, 6) is -2.02. The number of amides is 1. The van der Waals surface area contributed by atoms with E-state index in [1.54, 1.807) is 12.1 Å². The number of rotatable bonds is 4. The van der Waals surface area contributed by atoms with Gasteiger partial charge in [-0.1, -0.05) is 12.1 Å². The molecule has 0 radical (unpaired) electrons. The molecule has 2 rings (SSSR count). The summed E-state index contributed by atoms with van der Waals surface area (Å²) in [6.07, 6.45) is 0.307. The second-order valence-electron chi connectivity index (χ2n) is 5.00. The van der Waals surface area contributed by atoms with Gasteiger partial charge in [-0.15, -0.1) is 0 Å². The van der Waals surface area contributed by atoms with Crippen LogP contribution in [0.4, 0.5) is 0 Å². The number of carbonyl (C=O) groups excluding carboxylic acids is 3. The van der Waals surface area contributed by atoms with E-state index >= 15 is 0 Å². The third-order valence-electron chi connectivity index (χ3n) is 3.18. The minimum atomic E-state index is -1.28. The minimum absolute atomic E-state index is 0.106. The average molecular weight is 321 g/mol. The van der Waals surface area contributed by atoms with Gasteiger partial charge < -0.3 is 24.5 Å². The van der Waals surface area contributed by atoms with Gasteiger partial charge in [-0.05, 0) is 18.1 Å². The number of hydrogen-bond donors (Lipinski definition) is 2. The molecule has 8 nitrogen and oxygen atoms in total. The molecule has 0 aliphatic carbocycles. The second kappa shape index (κ2) is 7.14. The Morgan fingerprint density at radius 2 is 2.09 bits per heavy atom. The number of ether oxygens (including phenoxy) is 2. The maximum atomic E-state index is 12.0. The number of nitrogens with one attached hydrogen (secondary N) is 1. The Hall–Kier alpha value is -2.55. The van der Waals surface area contributed by atoms with Gasteiger partial charge in [0.1, 0.15) is 11.3 Å². The van der Waals surface area contributed by atoms with E-state index in [1.807, 2.05) is 0 Å². The fraction of sp³-hybridized carbons (Fsp3) is 0.357. The van der Waals surface area contributed by atoms with Crippen molar-refractivity contribution in [3.63, 3.8) is 0 Å². The van der Waals surface area contributed by atoms with Gasteiger partial charge in [-0.2, -0.15) is 0 Å². The topological polar surface area (TPSA) is 111 Å². The van der Waals surface area contributed by atoms with Crippen molar-refractivity contribution in [3.05, 3.63) is 29.3 Å². The lowest BCUT2D eigenvalue weighted by atomic mass is 9.72. The smallest absolute Gasteiger partial charge is 0.534 e. The molecule has 1 unspecified atom stereocenters. The zero-order valence-corrected chi connectivity index (χ0v) is 12.7. The van der Waals surface area contributed by atoms with Crippen molar-refractivity contribution in [2.24, 2.45) is 0 Å². The lowest BCUT2D eigenvalue weighted by Gasteiger charge is -2.28. The van der Waals surface area contributed by atoms with Gasteiger partial charge in [0.05, 0.1) is 5.94 Å². The van der Waals surface area contributed by atoms with Crippen molar-refractivity contribution in [1.82, 2.24) is 5.32 Å². The van der Waals surface area contributed by atoms with E-state index in [-0.39, 0.29) is 17.2 Å². The Morgan fingerprint density at radius 3 is 2.74 bits per heavy atom. The normalized spacial score (nSPS) is 16.0. The third-order valence-corrected chi connectivity index (χ3v) is 3.18. The Kier molecular flexibility index (Phi) is 5.22. The highest BCUT2D eigenvalue weighted by Gasteiger charge is 2.37. The molecule has 0 bridgehead atoms. The molecule has 23 heavy (non-hydrogen) atoms. The van der Waals surface area contributed by atoms with Crippen molar-refractivity contribution in [2.45, 2.75) is 26.2 Å². The SMILES string of the molecule is CC(=O)NC1Cc2cccc(C(=O)OCOC(C)=O)c2OB1O. The van der Waals surface area contributed by atoms with Gasteiger partial charge in [0, 0.05) is 13.8 Å². The van der Waals surface area contributed by atoms with Crippen LogP contribution in [-0.4, -0.2) is 42.7 Å². The molecule has 9 heteroatoms. The molecule has 1 aliphatic rings. The van der Waals surface area contributed by atoms with Crippen LogP contribution in [0.15, 0.2) is 18.2 Å². The van der Waals surface area contributed by atoms with Crippen molar-refractivity contribution in [1.29, 1.82) is 0 Å². The Labute approximate surface area is 132 Å². The first-order valence-corrected chi connectivity index (χ1v) is 6.92. The van der Waals surface area contributed by atoms with E-state index in [0.717, 1.165) is 0 Å². The fourth-order valence-corrected chi connectivity index (χ4v) is 2.21. The number of hydrogen-bond acceptors (Lipinski definition) is 7. The Morgan fingerprint density at radius 1 is 1.35 bits per heavy atom.